The molecule has 10 heteroatoms. The molecule has 0 aromatic heterocycles. The molecule has 0 aromatic rings. The third kappa shape index (κ3) is 7.41. The van der Waals surface area contributed by atoms with Crippen molar-refractivity contribution in [3.8, 4) is 0 Å². The first kappa shape index (κ1) is 22.7. The zero-order valence-electron chi connectivity index (χ0n) is 16.8. The molecule has 0 radical (unpaired) electrons. The smallest absolute Gasteiger partial charge is 0.215 e. The maximum absolute atomic E-state index is 12.4. The zero-order chi connectivity index (χ0) is 19.7. The molecule has 158 valence electrons. The molecule has 2 aliphatic rings. The van der Waals surface area contributed by atoms with Gasteiger partial charge in [0.15, 0.2) is 5.96 Å². The summed E-state index contributed by atoms with van der Waals surface area (Å²) in [6.07, 6.45) is 0. The number of aliphatic imine (C=N–C) groups is 1. The van der Waals surface area contributed by atoms with Gasteiger partial charge in [-0.1, -0.05) is 13.8 Å². The predicted molar refractivity (Wildman–Crippen MR) is 113 cm³/mol. The second kappa shape index (κ2) is 11.5. The predicted octanol–water partition coefficient (Wildman–Crippen LogP) is -0.113. The van der Waals surface area contributed by atoms with Gasteiger partial charge in [0, 0.05) is 63.9 Å². The molecule has 0 amide bonds. The van der Waals surface area contributed by atoms with Crippen LogP contribution in [0.25, 0.3) is 0 Å². The molecule has 2 rings (SSSR count). The molecule has 1 atom stereocenters. The first-order valence-electron chi connectivity index (χ1n) is 9.76. The minimum absolute atomic E-state index is 0.0927. The largest absolute Gasteiger partial charge is 0.379 e. The van der Waals surface area contributed by atoms with Gasteiger partial charge < -0.3 is 15.4 Å². The second-order valence-corrected chi connectivity index (χ2v) is 10.5. The molecule has 1 unspecified atom stereocenters. The lowest BCUT2D eigenvalue weighted by molar-refractivity contribution is 0.00752. The minimum Gasteiger partial charge on any atom is -0.379 e. The number of hydrogen-bond donors (Lipinski definition) is 2. The van der Waals surface area contributed by atoms with Crippen molar-refractivity contribution >= 4 is 27.7 Å². The highest BCUT2D eigenvalue weighted by Crippen LogP contribution is 2.13. The van der Waals surface area contributed by atoms with E-state index in [2.05, 4.69) is 34.4 Å². The molecular weight excluding hydrogens is 386 g/mol. The van der Waals surface area contributed by atoms with Gasteiger partial charge in [0.1, 0.15) is 0 Å². The highest BCUT2D eigenvalue weighted by atomic mass is 32.2. The monoisotopic (exact) mass is 421 g/mol. The van der Waals surface area contributed by atoms with Crippen LogP contribution in [-0.4, -0.2) is 106 Å². The Morgan fingerprint density at radius 1 is 1.15 bits per heavy atom. The quantitative estimate of drug-likeness (QED) is 0.418. The van der Waals surface area contributed by atoms with Gasteiger partial charge >= 0.3 is 0 Å². The maximum Gasteiger partial charge on any atom is 0.215 e. The fourth-order valence-electron chi connectivity index (χ4n) is 3.37. The van der Waals surface area contributed by atoms with E-state index in [1.54, 1.807) is 11.4 Å². The van der Waals surface area contributed by atoms with Gasteiger partial charge in [-0.2, -0.15) is 11.8 Å². The van der Waals surface area contributed by atoms with Crippen LogP contribution in [0.4, 0.5) is 0 Å². The van der Waals surface area contributed by atoms with E-state index in [1.807, 2.05) is 11.8 Å². The normalized spacial score (nSPS) is 22.0. The van der Waals surface area contributed by atoms with E-state index in [1.165, 1.54) is 0 Å². The zero-order valence-corrected chi connectivity index (χ0v) is 18.4. The van der Waals surface area contributed by atoms with E-state index in [4.69, 9.17) is 4.74 Å². The Morgan fingerprint density at radius 2 is 1.81 bits per heavy atom. The van der Waals surface area contributed by atoms with Crippen molar-refractivity contribution in [3.63, 3.8) is 0 Å². The fraction of sp³-hybridized carbons (Fsp3) is 0.941. The Labute approximate surface area is 168 Å². The molecule has 2 aliphatic heterocycles. The van der Waals surface area contributed by atoms with Gasteiger partial charge in [-0.05, 0) is 5.92 Å². The van der Waals surface area contributed by atoms with Crippen molar-refractivity contribution < 1.29 is 13.2 Å². The molecule has 2 saturated heterocycles. The van der Waals surface area contributed by atoms with Gasteiger partial charge in [-0.15, -0.1) is 0 Å². The van der Waals surface area contributed by atoms with Crippen LogP contribution in [0.1, 0.15) is 13.8 Å². The summed E-state index contributed by atoms with van der Waals surface area (Å²) >= 11 is 1.81. The average molecular weight is 422 g/mol. The summed E-state index contributed by atoms with van der Waals surface area (Å²) in [7, 11) is -1.48. The van der Waals surface area contributed by atoms with Crippen LogP contribution in [0.3, 0.4) is 0 Å². The minimum atomic E-state index is -3.20. The van der Waals surface area contributed by atoms with Gasteiger partial charge in [0.25, 0.3) is 0 Å². The van der Waals surface area contributed by atoms with E-state index in [0.717, 1.165) is 44.4 Å². The van der Waals surface area contributed by atoms with E-state index in [0.29, 0.717) is 37.6 Å². The number of sulfonamides is 1. The van der Waals surface area contributed by atoms with Gasteiger partial charge in [-0.25, -0.2) is 12.7 Å². The summed E-state index contributed by atoms with van der Waals surface area (Å²) in [6.45, 7) is 10.3. The number of nitrogens with zero attached hydrogens (tertiary/aromatic N) is 3. The van der Waals surface area contributed by atoms with Crippen molar-refractivity contribution in [1.29, 1.82) is 0 Å². The fourth-order valence-corrected chi connectivity index (χ4v) is 5.86. The van der Waals surface area contributed by atoms with Crippen LogP contribution < -0.4 is 10.6 Å². The Morgan fingerprint density at radius 3 is 2.41 bits per heavy atom. The third-order valence-electron chi connectivity index (χ3n) is 5.00. The Bertz CT molecular complexity index is 559. The summed E-state index contributed by atoms with van der Waals surface area (Å²) in [5.41, 5.74) is 0. The average Bonchev–Trinajstić information content (AvgIpc) is 2.68. The summed E-state index contributed by atoms with van der Waals surface area (Å²) in [5.74, 6) is 3.02. The van der Waals surface area contributed by atoms with Crippen molar-refractivity contribution in [2.45, 2.75) is 19.9 Å². The lowest BCUT2D eigenvalue weighted by Crippen LogP contribution is -2.53. The highest BCUT2D eigenvalue weighted by Gasteiger charge is 2.25. The molecular formula is C17H35N5O3S2. The van der Waals surface area contributed by atoms with Crippen LogP contribution in [0, 0.1) is 5.92 Å². The molecule has 0 spiro atoms. The molecule has 8 nitrogen and oxygen atoms in total. The van der Waals surface area contributed by atoms with Gasteiger partial charge in [0.05, 0.1) is 19.0 Å². The molecule has 0 saturated carbocycles. The Hall–Kier alpha value is -0.550. The first-order valence-corrected chi connectivity index (χ1v) is 12.5. The Kier molecular flexibility index (Phi) is 9.64. The molecule has 2 fully saturated rings. The molecule has 2 heterocycles. The maximum atomic E-state index is 12.4. The topological polar surface area (TPSA) is 86.3 Å². The number of ether oxygens (including phenoxy) is 1. The van der Waals surface area contributed by atoms with Crippen molar-refractivity contribution in [2.24, 2.45) is 10.9 Å². The van der Waals surface area contributed by atoms with Crippen LogP contribution in [-0.2, 0) is 14.8 Å². The first-order chi connectivity index (χ1) is 12.9. The molecule has 27 heavy (non-hydrogen) atoms. The van der Waals surface area contributed by atoms with Crippen molar-refractivity contribution in [1.82, 2.24) is 19.8 Å². The lowest BCUT2D eigenvalue weighted by atomic mass is 10.0. The van der Waals surface area contributed by atoms with E-state index >= 15 is 0 Å². The van der Waals surface area contributed by atoms with E-state index in [9.17, 15) is 8.42 Å². The number of hydrogen-bond acceptors (Lipinski definition) is 6. The number of guanidine groups is 1. The third-order valence-corrected chi connectivity index (χ3v) is 7.82. The highest BCUT2D eigenvalue weighted by molar-refractivity contribution is 7.99. The summed E-state index contributed by atoms with van der Waals surface area (Å²) in [6, 6.07) is 0.391. The van der Waals surface area contributed by atoms with Crippen LogP contribution in [0.2, 0.25) is 0 Å². The van der Waals surface area contributed by atoms with Crippen LogP contribution in [0.5, 0.6) is 0 Å². The number of thioether (sulfide) groups is 1. The van der Waals surface area contributed by atoms with E-state index < -0.39 is 10.0 Å². The molecule has 0 aromatic carbocycles. The standard InChI is InChI=1S/C17H35N5O3S2/c1-15(2)16(21-5-9-25-10-6-21)14-20-17(18-3)19-4-13-27(23,24)22-7-11-26-12-8-22/h15-16H,4-14H2,1-3H3,(H2,18,19,20). The molecule has 0 aliphatic carbocycles. The second-order valence-electron chi connectivity index (χ2n) is 7.17. The number of rotatable bonds is 8. The van der Waals surface area contributed by atoms with Gasteiger partial charge in [0.2, 0.25) is 10.0 Å². The van der Waals surface area contributed by atoms with Gasteiger partial charge in [-0.3, -0.25) is 9.89 Å². The Balaban J connectivity index is 1.77. The summed E-state index contributed by atoms with van der Waals surface area (Å²) in [5, 5.41) is 6.51. The van der Waals surface area contributed by atoms with Crippen LogP contribution >= 0.6 is 11.8 Å². The lowest BCUT2D eigenvalue weighted by Gasteiger charge is -2.37. The SMILES string of the molecule is CN=C(NCCS(=O)(=O)N1CCSCC1)NCC(C(C)C)N1CCOCC1. The molecule has 2 N–H and O–H groups in total. The van der Waals surface area contributed by atoms with E-state index in [-0.39, 0.29) is 5.75 Å². The number of nitrogens with one attached hydrogen (secondary N) is 2. The summed E-state index contributed by atoms with van der Waals surface area (Å²) < 4.78 is 31.9. The number of morpholine rings is 1. The van der Waals surface area contributed by atoms with Crippen LogP contribution in [0.15, 0.2) is 4.99 Å². The van der Waals surface area contributed by atoms with Crippen molar-refractivity contribution in [3.05, 3.63) is 0 Å². The molecule has 0 bridgehead atoms. The summed E-state index contributed by atoms with van der Waals surface area (Å²) in [4.78, 5) is 6.69. The van der Waals surface area contributed by atoms with Crippen molar-refractivity contribution in [2.75, 3.05) is 76.8 Å².